The van der Waals surface area contributed by atoms with Crippen LogP contribution in [0.4, 0.5) is 10.5 Å². The lowest BCUT2D eigenvalue weighted by Gasteiger charge is -2.22. The number of hydrogen-bond donors (Lipinski definition) is 1. The molecule has 0 bridgehead atoms. The summed E-state index contributed by atoms with van der Waals surface area (Å²) in [6.07, 6.45) is 0.109. The summed E-state index contributed by atoms with van der Waals surface area (Å²) in [6, 6.07) is 9.36. The fourth-order valence-electron chi connectivity index (χ4n) is 1.47. The monoisotopic (exact) mass is 280 g/mol. The molecule has 0 atom stereocenters. The van der Waals surface area contributed by atoms with Gasteiger partial charge in [0.1, 0.15) is 0 Å². The Kier molecular flexibility index (Phi) is 6.29. The van der Waals surface area contributed by atoms with E-state index in [0.717, 1.165) is 5.69 Å². The molecule has 19 heavy (non-hydrogen) atoms. The normalized spacial score (nSPS) is 10.3. The number of ether oxygens (including phenoxy) is 1. The number of benzene rings is 1. The summed E-state index contributed by atoms with van der Waals surface area (Å²) in [4.78, 5) is 14.0. The largest absolute Gasteiger partial charge is 0.449 e. The van der Waals surface area contributed by atoms with Gasteiger partial charge in [-0.1, -0.05) is 44.3 Å². The summed E-state index contributed by atoms with van der Waals surface area (Å²) in [5.41, 5.74) is 6.28. The van der Waals surface area contributed by atoms with Gasteiger partial charge in [-0.25, -0.2) is 4.79 Å². The summed E-state index contributed by atoms with van der Waals surface area (Å²) in [7, 11) is 0. The molecule has 5 heteroatoms. The molecule has 0 radical (unpaired) electrons. The number of nitrogens with zero attached hydrogens (tertiary/aromatic N) is 1. The molecule has 0 saturated heterocycles. The van der Waals surface area contributed by atoms with Crippen molar-refractivity contribution >= 4 is 29.0 Å². The molecule has 1 amide bonds. The van der Waals surface area contributed by atoms with Crippen LogP contribution in [0.25, 0.3) is 0 Å². The molecule has 0 fully saturated rings. The second-order valence-electron chi connectivity index (χ2n) is 4.67. The number of amides is 1. The quantitative estimate of drug-likeness (QED) is 0.814. The number of thiocarbonyl (C=S) groups is 1. The highest BCUT2D eigenvalue weighted by atomic mass is 32.1. The number of hydrogen-bond acceptors (Lipinski definition) is 3. The molecule has 1 rings (SSSR count). The van der Waals surface area contributed by atoms with Gasteiger partial charge in [0, 0.05) is 18.7 Å². The van der Waals surface area contributed by atoms with E-state index in [0.29, 0.717) is 30.5 Å². The first-order chi connectivity index (χ1) is 9.00. The van der Waals surface area contributed by atoms with Crippen LogP contribution in [-0.4, -0.2) is 24.2 Å². The molecule has 2 N–H and O–H groups in total. The highest BCUT2D eigenvalue weighted by Crippen LogP contribution is 2.15. The fourth-order valence-corrected chi connectivity index (χ4v) is 1.56. The van der Waals surface area contributed by atoms with Gasteiger partial charge in [-0.2, -0.15) is 0 Å². The minimum absolute atomic E-state index is 0.303. The van der Waals surface area contributed by atoms with Crippen molar-refractivity contribution in [3.8, 4) is 0 Å². The van der Waals surface area contributed by atoms with Crippen LogP contribution in [0.3, 0.4) is 0 Å². The van der Waals surface area contributed by atoms with E-state index in [9.17, 15) is 4.79 Å². The Morgan fingerprint density at radius 2 is 2.00 bits per heavy atom. The molecule has 4 nitrogen and oxygen atoms in total. The summed E-state index contributed by atoms with van der Waals surface area (Å²) < 4.78 is 5.26. The third-order valence-electron chi connectivity index (χ3n) is 2.41. The van der Waals surface area contributed by atoms with Gasteiger partial charge in [-0.3, -0.25) is 4.90 Å². The zero-order chi connectivity index (χ0) is 14.3. The molecule has 0 heterocycles. The maximum atomic E-state index is 12.1. The number of carbonyl (C=O) groups is 1. The van der Waals surface area contributed by atoms with Crippen LogP contribution in [0.2, 0.25) is 0 Å². The Labute approximate surface area is 119 Å². The first kappa shape index (κ1) is 15.4. The molecule has 1 aromatic rings. The van der Waals surface area contributed by atoms with E-state index in [1.165, 1.54) is 0 Å². The van der Waals surface area contributed by atoms with Crippen molar-refractivity contribution in [3.63, 3.8) is 0 Å². The van der Waals surface area contributed by atoms with Crippen LogP contribution in [0.5, 0.6) is 0 Å². The Bertz CT molecular complexity index is 421. The molecule has 0 aromatic heterocycles. The fraction of sp³-hybridized carbons (Fsp3) is 0.429. The Hall–Kier alpha value is -1.62. The molecule has 0 aliphatic heterocycles. The van der Waals surface area contributed by atoms with Crippen molar-refractivity contribution in [1.29, 1.82) is 0 Å². The molecule has 1 aromatic carbocycles. The lowest BCUT2D eigenvalue weighted by Crippen LogP contribution is -2.34. The van der Waals surface area contributed by atoms with Gasteiger partial charge >= 0.3 is 6.09 Å². The van der Waals surface area contributed by atoms with E-state index in [4.69, 9.17) is 22.7 Å². The molecule has 0 unspecified atom stereocenters. The van der Waals surface area contributed by atoms with Gasteiger partial charge in [-0.15, -0.1) is 0 Å². The van der Waals surface area contributed by atoms with Gasteiger partial charge in [-0.05, 0) is 18.1 Å². The second kappa shape index (κ2) is 7.74. The first-order valence-corrected chi connectivity index (χ1v) is 6.69. The lowest BCUT2D eigenvalue weighted by molar-refractivity contribution is 0.140. The van der Waals surface area contributed by atoms with Crippen LogP contribution in [0.1, 0.15) is 20.3 Å². The lowest BCUT2D eigenvalue weighted by atomic mass is 10.2. The van der Waals surface area contributed by atoms with Gasteiger partial charge in [0.05, 0.1) is 11.6 Å². The zero-order valence-corrected chi connectivity index (χ0v) is 12.2. The third-order valence-corrected chi connectivity index (χ3v) is 2.61. The summed E-state index contributed by atoms with van der Waals surface area (Å²) in [6.45, 7) is 4.82. The number of para-hydroxylation sites is 1. The van der Waals surface area contributed by atoms with Crippen molar-refractivity contribution < 1.29 is 9.53 Å². The van der Waals surface area contributed by atoms with Crippen molar-refractivity contribution in [3.05, 3.63) is 30.3 Å². The van der Waals surface area contributed by atoms with Crippen molar-refractivity contribution in [2.45, 2.75) is 20.3 Å². The van der Waals surface area contributed by atoms with Crippen LogP contribution in [0, 0.1) is 5.92 Å². The minimum Gasteiger partial charge on any atom is -0.449 e. The van der Waals surface area contributed by atoms with E-state index < -0.39 is 0 Å². The molecule has 0 saturated carbocycles. The first-order valence-electron chi connectivity index (χ1n) is 6.28. The summed E-state index contributed by atoms with van der Waals surface area (Å²) in [5.74, 6) is 0.303. The number of carbonyl (C=O) groups excluding carboxylic acids is 1. The van der Waals surface area contributed by atoms with E-state index in [-0.39, 0.29) is 6.09 Å². The maximum absolute atomic E-state index is 12.1. The summed E-state index contributed by atoms with van der Waals surface area (Å²) in [5, 5.41) is 0. The van der Waals surface area contributed by atoms with Gasteiger partial charge in [0.15, 0.2) is 0 Å². The van der Waals surface area contributed by atoms with E-state index in [1.54, 1.807) is 4.90 Å². The van der Waals surface area contributed by atoms with Crippen molar-refractivity contribution in [2.75, 3.05) is 18.1 Å². The Morgan fingerprint density at radius 1 is 1.37 bits per heavy atom. The highest BCUT2D eigenvalue weighted by Gasteiger charge is 2.17. The van der Waals surface area contributed by atoms with Crippen LogP contribution < -0.4 is 10.6 Å². The molecular weight excluding hydrogens is 260 g/mol. The number of anilines is 1. The van der Waals surface area contributed by atoms with Crippen LogP contribution in [-0.2, 0) is 4.74 Å². The molecule has 0 spiro atoms. The topological polar surface area (TPSA) is 55.6 Å². The van der Waals surface area contributed by atoms with Gasteiger partial charge < -0.3 is 10.5 Å². The maximum Gasteiger partial charge on any atom is 0.414 e. The molecule has 0 aliphatic rings. The van der Waals surface area contributed by atoms with Crippen molar-refractivity contribution in [2.24, 2.45) is 11.7 Å². The molecule has 0 aliphatic carbocycles. The predicted octanol–water partition coefficient (Wildman–Crippen LogP) is 2.96. The predicted molar refractivity (Wildman–Crippen MR) is 81.4 cm³/mol. The highest BCUT2D eigenvalue weighted by molar-refractivity contribution is 7.80. The average Bonchev–Trinajstić information content (AvgIpc) is 2.37. The number of rotatable bonds is 6. The van der Waals surface area contributed by atoms with Gasteiger partial charge in [0.2, 0.25) is 0 Å². The van der Waals surface area contributed by atoms with E-state index >= 15 is 0 Å². The summed E-state index contributed by atoms with van der Waals surface area (Å²) >= 11 is 4.86. The number of nitrogens with two attached hydrogens (primary N) is 1. The van der Waals surface area contributed by atoms with Gasteiger partial charge in [0.25, 0.3) is 0 Å². The third kappa shape index (κ3) is 5.70. The second-order valence-corrected chi connectivity index (χ2v) is 5.20. The van der Waals surface area contributed by atoms with E-state index in [1.807, 2.05) is 44.2 Å². The van der Waals surface area contributed by atoms with Crippen LogP contribution >= 0.6 is 12.2 Å². The van der Waals surface area contributed by atoms with Crippen molar-refractivity contribution in [1.82, 2.24) is 0 Å². The van der Waals surface area contributed by atoms with Crippen LogP contribution in [0.15, 0.2) is 30.3 Å². The SMILES string of the molecule is CC(C)COC(=O)N(CCC(N)=S)c1ccccc1. The zero-order valence-electron chi connectivity index (χ0n) is 11.3. The average molecular weight is 280 g/mol. The molecule has 104 valence electrons. The molecular formula is C14H20N2O2S. The minimum atomic E-state index is -0.365. The van der Waals surface area contributed by atoms with E-state index in [2.05, 4.69) is 0 Å². The smallest absolute Gasteiger partial charge is 0.414 e. The Balaban J connectivity index is 2.74. The standard InChI is InChI=1S/C14H20N2O2S/c1-11(2)10-18-14(17)16(9-8-13(15)19)12-6-4-3-5-7-12/h3-7,11H,8-10H2,1-2H3,(H2,15,19). The Morgan fingerprint density at radius 3 is 2.53 bits per heavy atom.